The summed E-state index contributed by atoms with van der Waals surface area (Å²) in [6, 6.07) is 6.35. The Hall–Kier alpha value is -2.03. The molecule has 1 aromatic carbocycles. The van der Waals surface area contributed by atoms with Crippen molar-refractivity contribution in [3.05, 3.63) is 48.5 Å². The average Bonchev–Trinajstić information content (AvgIpc) is 2.62. The molecule has 7 nitrogen and oxygen atoms in total. The summed E-state index contributed by atoms with van der Waals surface area (Å²) >= 11 is 0. The monoisotopic (exact) mass is 335 g/mol. The Morgan fingerprint density at radius 3 is 2.70 bits per heavy atom. The number of nitrogens with zero attached hydrogens (tertiary/aromatic N) is 3. The molecule has 8 heteroatoms. The zero-order valence-electron chi connectivity index (χ0n) is 12.6. The van der Waals surface area contributed by atoms with Crippen molar-refractivity contribution in [2.24, 2.45) is 0 Å². The highest BCUT2D eigenvalue weighted by molar-refractivity contribution is 7.89. The number of sulfonamides is 1. The molecule has 0 radical (unpaired) electrons. The number of aromatic nitrogens is 2. The summed E-state index contributed by atoms with van der Waals surface area (Å²) in [6.45, 7) is 0.842. The Labute approximate surface area is 134 Å². The average molecular weight is 335 g/mol. The largest absolute Gasteiger partial charge is 0.497 e. The first-order valence-electron chi connectivity index (χ1n) is 7.13. The van der Waals surface area contributed by atoms with Crippen molar-refractivity contribution in [3.8, 4) is 5.75 Å². The molecule has 1 atom stereocenters. The summed E-state index contributed by atoms with van der Waals surface area (Å²) in [4.78, 5) is 8.42. The van der Waals surface area contributed by atoms with Crippen molar-refractivity contribution < 1.29 is 17.9 Å². The van der Waals surface area contributed by atoms with E-state index in [1.54, 1.807) is 42.9 Å². The molecule has 23 heavy (non-hydrogen) atoms. The summed E-state index contributed by atoms with van der Waals surface area (Å²) in [6.07, 6.45) is 4.31. The maximum atomic E-state index is 12.8. The molecule has 0 spiro atoms. The predicted molar refractivity (Wildman–Crippen MR) is 82.5 cm³/mol. The Bertz CT molecular complexity index is 750. The van der Waals surface area contributed by atoms with Crippen molar-refractivity contribution >= 4 is 10.0 Å². The number of benzene rings is 1. The summed E-state index contributed by atoms with van der Waals surface area (Å²) in [5, 5.41) is 0. The molecule has 1 saturated heterocycles. The van der Waals surface area contributed by atoms with Crippen molar-refractivity contribution in [1.29, 1.82) is 0 Å². The van der Waals surface area contributed by atoms with E-state index in [1.807, 2.05) is 0 Å². The SMILES string of the molecule is COc1ccc(S(=O)(=O)N2CCOC(c3cnccn3)C2)cc1. The smallest absolute Gasteiger partial charge is 0.243 e. The molecular weight excluding hydrogens is 318 g/mol. The topological polar surface area (TPSA) is 81.6 Å². The van der Waals surface area contributed by atoms with Gasteiger partial charge in [0.2, 0.25) is 10.0 Å². The van der Waals surface area contributed by atoms with E-state index >= 15 is 0 Å². The molecule has 0 saturated carbocycles. The van der Waals surface area contributed by atoms with Gasteiger partial charge in [0.15, 0.2) is 0 Å². The summed E-state index contributed by atoms with van der Waals surface area (Å²) in [7, 11) is -2.04. The highest BCUT2D eigenvalue weighted by Gasteiger charge is 2.32. The van der Waals surface area contributed by atoms with Crippen LogP contribution in [0.2, 0.25) is 0 Å². The maximum absolute atomic E-state index is 12.8. The van der Waals surface area contributed by atoms with Gasteiger partial charge < -0.3 is 9.47 Å². The second-order valence-corrected chi connectivity index (χ2v) is 6.97. The fourth-order valence-electron chi connectivity index (χ4n) is 2.40. The second-order valence-electron chi connectivity index (χ2n) is 5.03. The van der Waals surface area contributed by atoms with E-state index in [2.05, 4.69) is 9.97 Å². The highest BCUT2D eigenvalue weighted by Crippen LogP contribution is 2.26. The number of methoxy groups -OCH3 is 1. The van der Waals surface area contributed by atoms with Gasteiger partial charge in [-0.2, -0.15) is 4.31 Å². The molecule has 3 rings (SSSR count). The zero-order valence-corrected chi connectivity index (χ0v) is 13.4. The van der Waals surface area contributed by atoms with E-state index in [0.29, 0.717) is 24.6 Å². The predicted octanol–water partition coefficient (Wildman–Crippen LogP) is 1.25. The molecule has 1 fully saturated rings. The maximum Gasteiger partial charge on any atom is 0.243 e. The van der Waals surface area contributed by atoms with Gasteiger partial charge in [-0.15, -0.1) is 0 Å². The highest BCUT2D eigenvalue weighted by atomic mass is 32.2. The van der Waals surface area contributed by atoms with Crippen molar-refractivity contribution in [2.75, 3.05) is 26.8 Å². The third kappa shape index (κ3) is 3.34. The van der Waals surface area contributed by atoms with Crippen LogP contribution >= 0.6 is 0 Å². The molecular formula is C15H17N3O4S. The van der Waals surface area contributed by atoms with Crippen molar-refractivity contribution in [3.63, 3.8) is 0 Å². The molecule has 1 unspecified atom stereocenters. The van der Waals surface area contributed by atoms with Crippen LogP contribution < -0.4 is 4.74 Å². The number of morpholine rings is 1. The molecule has 0 amide bonds. The minimum atomic E-state index is -3.58. The quantitative estimate of drug-likeness (QED) is 0.836. The lowest BCUT2D eigenvalue weighted by molar-refractivity contribution is -0.00514. The summed E-state index contributed by atoms with van der Waals surface area (Å²) < 4.78 is 37.6. The number of ether oxygens (including phenoxy) is 2. The fraction of sp³-hybridized carbons (Fsp3) is 0.333. The number of hydrogen-bond donors (Lipinski definition) is 0. The van der Waals surface area contributed by atoms with Crippen LogP contribution in [0.25, 0.3) is 0 Å². The van der Waals surface area contributed by atoms with E-state index in [0.717, 1.165) is 0 Å². The van der Waals surface area contributed by atoms with Crippen LogP contribution in [0.4, 0.5) is 0 Å². The van der Waals surface area contributed by atoms with Crippen LogP contribution in [0.3, 0.4) is 0 Å². The van der Waals surface area contributed by atoms with Gasteiger partial charge in [0.25, 0.3) is 0 Å². The number of rotatable bonds is 4. The van der Waals surface area contributed by atoms with Crippen LogP contribution in [0, 0.1) is 0 Å². The van der Waals surface area contributed by atoms with Crippen molar-refractivity contribution in [2.45, 2.75) is 11.0 Å². The molecule has 2 aromatic rings. The van der Waals surface area contributed by atoms with Crippen LogP contribution in [-0.2, 0) is 14.8 Å². The zero-order chi connectivity index (χ0) is 16.3. The lowest BCUT2D eigenvalue weighted by atomic mass is 10.2. The first kappa shape index (κ1) is 15.9. The van der Waals surface area contributed by atoms with E-state index in [9.17, 15) is 8.42 Å². The van der Waals surface area contributed by atoms with E-state index in [1.165, 1.54) is 11.4 Å². The lowest BCUT2D eigenvalue weighted by Gasteiger charge is -2.31. The molecule has 0 aliphatic carbocycles. The first-order chi connectivity index (χ1) is 11.1. The van der Waals surface area contributed by atoms with E-state index < -0.39 is 16.1 Å². The first-order valence-corrected chi connectivity index (χ1v) is 8.57. The van der Waals surface area contributed by atoms with Gasteiger partial charge >= 0.3 is 0 Å². The van der Waals surface area contributed by atoms with Gasteiger partial charge in [0, 0.05) is 25.5 Å². The summed E-state index contributed by atoms with van der Waals surface area (Å²) in [5.41, 5.74) is 0.627. The Balaban J connectivity index is 1.81. The van der Waals surface area contributed by atoms with Gasteiger partial charge in [0.1, 0.15) is 11.9 Å². The lowest BCUT2D eigenvalue weighted by Crippen LogP contribution is -2.42. The minimum Gasteiger partial charge on any atom is -0.497 e. The molecule has 1 aromatic heterocycles. The minimum absolute atomic E-state index is 0.215. The molecule has 2 heterocycles. The van der Waals surface area contributed by atoms with Crippen LogP contribution in [-0.4, -0.2) is 49.5 Å². The van der Waals surface area contributed by atoms with Crippen LogP contribution in [0.5, 0.6) is 5.75 Å². The van der Waals surface area contributed by atoms with Gasteiger partial charge in [-0.1, -0.05) is 0 Å². The van der Waals surface area contributed by atoms with Crippen molar-refractivity contribution in [1.82, 2.24) is 14.3 Å². The van der Waals surface area contributed by atoms with Gasteiger partial charge in [0.05, 0.1) is 30.5 Å². The second kappa shape index (κ2) is 6.61. The van der Waals surface area contributed by atoms with Gasteiger partial charge in [-0.05, 0) is 24.3 Å². The van der Waals surface area contributed by atoms with Gasteiger partial charge in [-0.3, -0.25) is 9.97 Å². The summed E-state index contributed by atoms with van der Waals surface area (Å²) in [5.74, 6) is 0.614. The van der Waals surface area contributed by atoms with Gasteiger partial charge in [-0.25, -0.2) is 8.42 Å². The standard InChI is InChI=1S/C15H17N3O4S/c1-21-12-2-4-13(5-3-12)23(19,20)18-8-9-22-15(11-18)14-10-16-6-7-17-14/h2-7,10,15H,8-9,11H2,1H3. The molecule has 122 valence electrons. The Morgan fingerprint density at radius 2 is 2.04 bits per heavy atom. The fourth-order valence-corrected chi connectivity index (χ4v) is 3.82. The van der Waals surface area contributed by atoms with Crippen LogP contribution in [0.1, 0.15) is 11.8 Å². The third-order valence-electron chi connectivity index (χ3n) is 3.64. The molecule has 1 aliphatic heterocycles. The molecule has 1 aliphatic rings. The molecule has 0 N–H and O–H groups in total. The molecule has 0 bridgehead atoms. The third-order valence-corrected chi connectivity index (χ3v) is 5.52. The van der Waals surface area contributed by atoms with E-state index in [4.69, 9.17) is 9.47 Å². The van der Waals surface area contributed by atoms with Crippen LogP contribution in [0.15, 0.2) is 47.8 Å². The van der Waals surface area contributed by atoms with E-state index in [-0.39, 0.29) is 11.4 Å². The Kier molecular flexibility index (Phi) is 4.56. The Morgan fingerprint density at radius 1 is 1.26 bits per heavy atom. The normalized spacial score (nSPS) is 19.4. The number of hydrogen-bond acceptors (Lipinski definition) is 6.